The number of hydrogen-bond donors (Lipinski definition) is 1. The molecule has 3 aromatic heterocycles. The number of pyridine rings is 1. The average Bonchev–Trinajstić information content (AvgIpc) is 3.28. The summed E-state index contributed by atoms with van der Waals surface area (Å²) in [7, 11) is 0. The van der Waals surface area contributed by atoms with Gasteiger partial charge in [-0.2, -0.15) is 0 Å². The highest BCUT2D eigenvalue weighted by Gasteiger charge is 2.22. The Bertz CT molecular complexity index is 1500. The number of aryl methyl sites for hydroxylation is 1. The van der Waals surface area contributed by atoms with E-state index < -0.39 is 11.6 Å². The minimum absolute atomic E-state index is 0.00806. The molecule has 1 aliphatic heterocycles. The summed E-state index contributed by atoms with van der Waals surface area (Å²) in [6.07, 6.45) is 7.42. The number of anilines is 2. The van der Waals surface area contributed by atoms with Crippen molar-refractivity contribution in [2.75, 3.05) is 25.0 Å². The normalized spacial score (nSPS) is 15.4. The molecule has 0 bridgehead atoms. The maximum absolute atomic E-state index is 15.0. The third-order valence-corrected chi connectivity index (χ3v) is 7.58. The minimum atomic E-state index is -0.637. The first kappa shape index (κ1) is 26.9. The van der Waals surface area contributed by atoms with Crippen molar-refractivity contribution in [3.05, 3.63) is 65.8 Å². The molecule has 4 heterocycles. The summed E-state index contributed by atoms with van der Waals surface area (Å²) in [5.41, 5.74) is 3.60. The Kier molecular flexibility index (Phi) is 7.70. The fourth-order valence-corrected chi connectivity index (χ4v) is 5.64. The Labute approximate surface area is 228 Å². The molecule has 9 heteroatoms. The van der Waals surface area contributed by atoms with Crippen LogP contribution in [0, 0.1) is 24.5 Å². The summed E-state index contributed by atoms with van der Waals surface area (Å²) in [5.74, 6) is 0.789. The lowest BCUT2D eigenvalue weighted by Crippen LogP contribution is -2.33. The quantitative estimate of drug-likeness (QED) is 0.279. The summed E-state index contributed by atoms with van der Waals surface area (Å²) in [6, 6.07) is 6.98. The summed E-state index contributed by atoms with van der Waals surface area (Å²) in [4.78, 5) is 19.9. The van der Waals surface area contributed by atoms with Gasteiger partial charge in [0, 0.05) is 17.8 Å². The molecule has 1 fully saturated rings. The molecule has 5 rings (SSSR count). The van der Waals surface area contributed by atoms with Gasteiger partial charge >= 0.3 is 0 Å². The van der Waals surface area contributed by atoms with E-state index in [1.807, 2.05) is 43.7 Å². The minimum Gasteiger partial charge on any atom is -0.326 e. The fourth-order valence-electron chi connectivity index (χ4n) is 5.64. The van der Waals surface area contributed by atoms with Gasteiger partial charge in [-0.05, 0) is 101 Å². The molecule has 4 aromatic rings. The third-order valence-electron chi connectivity index (χ3n) is 7.58. The number of aromatic nitrogens is 5. The van der Waals surface area contributed by atoms with Crippen LogP contribution in [-0.4, -0.2) is 49.0 Å². The van der Waals surface area contributed by atoms with Crippen LogP contribution in [0.1, 0.15) is 58.0 Å². The molecule has 1 saturated heterocycles. The Morgan fingerprint density at radius 2 is 1.85 bits per heavy atom. The van der Waals surface area contributed by atoms with Crippen molar-refractivity contribution in [2.45, 2.75) is 53.5 Å². The van der Waals surface area contributed by atoms with Crippen LogP contribution in [0.15, 0.2) is 42.7 Å². The number of piperidine rings is 1. The van der Waals surface area contributed by atoms with Crippen molar-refractivity contribution in [1.29, 1.82) is 0 Å². The van der Waals surface area contributed by atoms with Crippen molar-refractivity contribution in [1.82, 2.24) is 29.4 Å². The molecule has 1 N–H and O–H groups in total. The van der Waals surface area contributed by atoms with Gasteiger partial charge in [-0.1, -0.05) is 13.0 Å². The molecule has 0 spiro atoms. The van der Waals surface area contributed by atoms with E-state index >= 15 is 0 Å². The predicted molar refractivity (Wildman–Crippen MR) is 152 cm³/mol. The van der Waals surface area contributed by atoms with E-state index in [0.717, 1.165) is 44.2 Å². The number of hydrogen-bond acceptors (Lipinski definition) is 6. The Hall–Kier alpha value is -3.72. The standard InChI is InChI=1S/C30H35F2N7/c1-6-23(20-10-12-38(7-2)13-11-20)21-8-9-27(33-16-21)36-30-34-17-25(32)28(37-30)22-14-24(31)29-26(15-22)39(18(3)4)19(5)35-29/h6,8-9,14-18,20H,7,10-13H2,1-5H3,(H,33,34,36,37)/b23-6-. The van der Waals surface area contributed by atoms with Gasteiger partial charge in [0.1, 0.15) is 22.9 Å². The van der Waals surface area contributed by atoms with Crippen LogP contribution < -0.4 is 5.32 Å². The largest absolute Gasteiger partial charge is 0.326 e. The Morgan fingerprint density at radius 3 is 2.49 bits per heavy atom. The smallest absolute Gasteiger partial charge is 0.229 e. The second-order valence-corrected chi connectivity index (χ2v) is 10.3. The molecule has 0 unspecified atom stereocenters. The zero-order valence-electron chi connectivity index (χ0n) is 23.2. The lowest BCUT2D eigenvalue weighted by Gasteiger charge is -2.32. The van der Waals surface area contributed by atoms with Gasteiger partial charge in [0.15, 0.2) is 11.6 Å². The number of likely N-dealkylation sites (tertiary alicyclic amines) is 1. The van der Waals surface area contributed by atoms with Gasteiger partial charge < -0.3 is 14.8 Å². The van der Waals surface area contributed by atoms with Crippen molar-refractivity contribution >= 4 is 28.4 Å². The second-order valence-electron chi connectivity index (χ2n) is 10.3. The molecule has 0 aliphatic carbocycles. The lowest BCUT2D eigenvalue weighted by molar-refractivity contribution is 0.216. The van der Waals surface area contributed by atoms with E-state index in [1.165, 1.54) is 11.6 Å². The van der Waals surface area contributed by atoms with Crippen molar-refractivity contribution in [3.8, 4) is 11.3 Å². The van der Waals surface area contributed by atoms with E-state index in [2.05, 4.69) is 50.1 Å². The van der Waals surface area contributed by atoms with Crippen molar-refractivity contribution in [2.24, 2.45) is 5.92 Å². The van der Waals surface area contributed by atoms with Gasteiger partial charge in [-0.3, -0.25) is 0 Å². The van der Waals surface area contributed by atoms with E-state index in [0.29, 0.717) is 28.6 Å². The Morgan fingerprint density at radius 1 is 1.08 bits per heavy atom. The maximum Gasteiger partial charge on any atom is 0.229 e. The van der Waals surface area contributed by atoms with Crippen LogP contribution in [-0.2, 0) is 0 Å². The SMILES string of the molecule is C/C=C(\c1ccc(Nc2ncc(F)c(-c3cc(F)c4nc(C)n(C(C)C)c4c3)n2)nc1)C1CCN(CC)CC1. The molecule has 0 radical (unpaired) electrons. The van der Waals surface area contributed by atoms with Crippen LogP contribution in [0.2, 0.25) is 0 Å². The van der Waals surface area contributed by atoms with Crippen LogP contribution in [0.5, 0.6) is 0 Å². The summed E-state index contributed by atoms with van der Waals surface area (Å²) < 4.78 is 31.8. The first-order valence-electron chi connectivity index (χ1n) is 13.6. The number of fused-ring (bicyclic) bond motifs is 1. The van der Waals surface area contributed by atoms with Gasteiger partial charge in [0.25, 0.3) is 0 Å². The summed E-state index contributed by atoms with van der Waals surface area (Å²) >= 11 is 0. The van der Waals surface area contributed by atoms with Crippen LogP contribution >= 0.6 is 0 Å². The third kappa shape index (κ3) is 5.41. The Balaban J connectivity index is 1.38. The van der Waals surface area contributed by atoms with Crippen molar-refractivity contribution < 1.29 is 8.78 Å². The number of nitrogens with one attached hydrogen (secondary N) is 1. The first-order chi connectivity index (χ1) is 18.8. The second kappa shape index (κ2) is 11.2. The lowest BCUT2D eigenvalue weighted by atomic mass is 9.85. The number of nitrogens with zero attached hydrogens (tertiary/aromatic N) is 6. The predicted octanol–water partition coefficient (Wildman–Crippen LogP) is 6.93. The number of imidazole rings is 1. The number of allylic oxidation sites excluding steroid dienone is 2. The average molecular weight is 532 g/mol. The molecule has 0 atom stereocenters. The molecule has 0 amide bonds. The van der Waals surface area contributed by atoms with Crippen molar-refractivity contribution in [3.63, 3.8) is 0 Å². The van der Waals surface area contributed by atoms with Crippen LogP contribution in [0.25, 0.3) is 27.9 Å². The van der Waals surface area contributed by atoms with Crippen LogP contribution in [0.3, 0.4) is 0 Å². The zero-order chi connectivity index (χ0) is 27.7. The molecular weight excluding hydrogens is 496 g/mol. The molecular formula is C30H35F2N7. The highest BCUT2D eigenvalue weighted by Crippen LogP contribution is 2.33. The monoisotopic (exact) mass is 531 g/mol. The molecule has 204 valence electrons. The molecule has 0 saturated carbocycles. The highest BCUT2D eigenvalue weighted by molar-refractivity contribution is 5.83. The van der Waals surface area contributed by atoms with E-state index in [9.17, 15) is 8.78 Å². The van der Waals surface area contributed by atoms with Gasteiger partial charge in [-0.25, -0.2) is 28.7 Å². The maximum atomic E-state index is 15.0. The van der Waals surface area contributed by atoms with Gasteiger partial charge in [0.05, 0.1) is 11.7 Å². The number of halogens is 2. The zero-order valence-corrected chi connectivity index (χ0v) is 23.2. The molecule has 7 nitrogen and oxygen atoms in total. The summed E-state index contributed by atoms with van der Waals surface area (Å²) in [6.45, 7) is 13.4. The van der Waals surface area contributed by atoms with Gasteiger partial charge in [-0.15, -0.1) is 0 Å². The summed E-state index contributed by atoms with van der Waals surface area (Å²) in [5, 5.41) is 3.07. The van der Waals surface area contributed by atoms with E-state index in [1.54, 1.807) is 6.07 Å². The topological polar surface area (TPSA) is 71.8 Å². The highest BCUT2D eigenvalue weighted by atomic mass is 19.1. The van der Waals surface area contributed by atoms with Gasteiger partial charge in [0.2, 0.25) is 5.95 Å². The molecule has 39 heavy (non-hydrogen) atoms. The van der Waals surface area contributed by atoms with E-state index in [-0.39, 0.29) is 23.2 Å². The van der Waals surface area contributed by atoms with E-state index in [4.69, 9.17) is 0 Å². The molecule has 1 aliphatic rings. The first-order valence-corrected chi connectivity index (χ1v) is 13.6. The van der Waals surface area contributed by atoms with Crippen LogP contribution in [0.4, 0.5) is 20.5 Å². The number of benzene rings is 1. The fraction of sp³-hybridized carbons (Fsp3) is 0.400. The number of rotatable bonds is 7. The molecule has 1 aromatic carbocycles.